The van der Waals surface area contributed by atoms with E-state index in [0.717, 1.165) is 25.0 Å². The second kappa shape index (κ2) is 6.01. The van der Waals surface area contributed by atoms with Crippen LogP contribution in [0.25, 0.3) is 0 Å². The molecule has 0 bridgehead atoms. The first kappa shape index (κ1) is 12.4. The first-order chi connectivity index (χ1) is 8.31. The van der Waals surface area contributed by atoms with Crippen LogP contribution in [-0.2, 0) is 11.3 Å². The van der Waals surface area contributed by atoms with Gasteiger partial charge in [-0.05, 0) is 31.4 Å². The van der Waals surface area contributed by atoms with Gasteiger partial charge in [-0.3, -0.25) is 9.78 Å². The predicted octanol–water partition coefficient (Wildman–Crippen LogP) is 2.59. The average molecular weight is 253 g/mol. The van der Waals surface area contributed by atoms with Crippen molar-refractivity contribution < 1.29 is 4.79 Å². The SMILES string of the molecule is O=C(CCCCl)N(Cc1ccccn1)C1CC1. The molecule has 1 fully saturated rings. The van der Waals surface area contributed by atoms with E-state index in [4.69, 9.17) is 11.6 Å². The van der Waals surface area contributed by atoms with Crippen molar-refractivity contribution in [2.45, 2.75) is 38.3 Å². The van der Waals surface area contributed by atoms with Gasteiger partial charge in [-0.1, -0.05) is 6.07 Å². The molecule has 0 aliphatic heterocycles. The number of aromatic nitrogens is 1. The first-order valence-electron chi connectivity index (χ1n) is 6.06. The molecule has 3 nitrogen and oxygen atoms in total. The Bertz CT molecular complexity index is 365. The maximum absolute atomic E-state index is 12.0. The van der Waals surface area contributed by atoms with E-state index in [1.807, 2.05) is 23.1 Å². The van der Waals surface area contributed by atoms with Gasteiger partial charge in [0.25, 0.3) is 0 Å². The molecule has 0 atom stereocenters. The van der Waals surface area contributed by atoms with Crippen LogP contribution in [0, 0.1) is 0 Å². The van der Waals surface area contributed by atoms with E-state index in [2.05, 4.69) is 4.98 Å². The Balaban J connectivity index is 1.95. The van der Waals surface area contributed by atoms with Gasteiger partial charge in [-0.25, -0.2) is 0 Å². The Hall–Kier alpha value is -1.09. The van der Waals surface area contributed by atoms with Crippen LogP contribution >= 0.6 is 11.6 Å². The van der Waals surface area contributed by atoms with Gasteiger partial charge < -0.3 is 4.90 Å². The van der Waals surface area contributed by atoms with E-state index < -0.39 is 0 Å². The molecule has 4 heteroatoms. The van der Waals surface area contributed by atoms with Gasteiger partial charge in [-0.2, -0.15) is 0 Å². The maximum Gasteiger partial charge on any atom is 0.223 e. The standard InChI is InChI=1S/C13H17ClN2O/c14-8-3-5-13(17)16(12-6-7-12)10-11-4-1-2-9-15-11/h1-2,4,9,12H,3,5-8,10H2. The molecule has 1 saturated carbocycles. The minimum atomic E-state index is 0.207. The summed E-state index contributed by atoms with van der Waals surface area (Å²) in [6.07, 6.45) is 5.32. The molecule has 0 N–H and O–H groups in total. The number of hydrogen-bond acceptors (Lipinski definition) is 2. The fourth-order valence-electron chi connectivity index (χ4n) is 1.83. The molecule has 1 heterocycles. The van der Waals surface area contributed by atoms with E-state index >= 15 is 0 Å². The Labute approximate surface area is 107 Å². The van der Waals surface area contributed by atoms with Crippen LogP contribution in [0.15, 0.2) is 24.4 Å². The molecule has 0 spiro atoms. The Morgan fingerprint density at radius 2 is 2.29 bits per heavy atom. The lowest BCUT2D eigenvalue weighted by Crippen LogP contribution is -2.32. The summed E-state index contributed by atoms with van der Waals surface area (Å²) in [6, 6.07) is 6.24. The van der Waals surface area contributed by atoms with Crippen molar-refractivity contribution in [1.82, 2.24) is 9.88 Å². The summed E-state index contributed by atoms with van der Waals surface area (Å²) in [5.41, 5.74) is 0.957. The number of amides is 1. The normalized spacial score (nSPS) is 14.6. The monoisotopic (exact) mass is 252 g/mol. The fourth-order valence-corrected chi connectivity index (χ4v) is 1.97. The van der Waals surface area contributed by atoms with Gasteiger partial charge in [0, 0.05) is 24.5 Å². The van der Waals surface area contributed by atoms with E-state index in [-0.39, 0.29) is 5.91 Å². The van der Waals surface area contributed by atoms with Gasteiger partial charge in [-0.15, -0.1) is 11.6 Å². The highest BCUT2D eigenvalue weighted by Gasteiger charge is 2.32. The van der Waals surface area contributed by atoms with Gasteiger partial charge in [0.15, 0.2) is 0 Å². The van der Waals surface area contributed by atoms with Crippen LogP contribution in [0.1, 0.15) is 31.4 Å². The third kappa shape index (κ3) is 3.70. The summed E-state index contributed by atoms with van der Waals surface area (Å²) in [5.74, 6) is 0.757. The number of nitrogens with zero attached hydrogens (tertiary/aromatic N) is 2. The average Bonchev–Trinajstić information content (AvgIpc) is 3.18. The van der Waals surface area contributed by atoms with Gasteiger partial charge in [0.1, 0.15) is 0 Å². The highest BCUT2D eigenvalue weighted by atomic mass is 35.5. The van der Waals surface area contributed by atoms with Crippen molar-refractivity contribution in [2.75, 3.05) is 5.88 Å². The van der Waals surface area contributed by atoms with Crippen molar-refractivity contribution in [1.29, 1.82) is 0 Å². The maximum atomic E-state index is 12.0. The van der Waals surface area contributed by atoms with Crippen LogP contribution in [0.5, 0.6) is 0 Å². The Morgan fingerprint density at radius 3 is 2.88 bits per heavy atom. The topological polar surface area (TPSA) is 33.2 Å². The summed E-state index contributed by atoms with van der Waals surface area (Å²) in [4.78, 5) is 18.3. The molecule has 17 heavy (non-hydrogen) atoms. The van der Waals surface area contributed by atoms with E-state index in [1.54, 1.807) is 6.20 Å². The second-order valence-corrected chi connectivity index (χ2v) is 4.74. The molecule has 1 amide bonds. The number of rotatable bonds is 6. The van der Waals surface area contributed by atoms with E-state index in [9.17, 15) is 4.79 Å². The van der Waals surface area contributed by atoms with E-state index in [0.29, 0.717) is 24.9 Å². The molecular weight excluding hydrogens is 236 g/mol. The molecule has 0 aromatic carbocycles. The zero-order valence-corrected chi connectivity index (χ0v) is 10.6. The van der Waals surface area contributed by atoms with Crippen molar-refractivity contribution in [3.8, 4) is 0 Å². The van der Waals surface area contributed by atoms with Gasteiger partial charge >= 0.3 is 0 Å². The number of carbonyl (C=O) groups excluding carboxylic acids is 1. The molecule has 1 aliphatic rings. The molecule has 92 valence electrons. The molecule has 2 rings (SSSR count). The molecule has 0 radical (unpaired) electrons. The Kier molecular flexibility index (Phi) is 4.37. The van der Waals surface area contributed by atoms with Crippen LogP contribution < -0.4 is 0 Å². The minimum Gasteiger partial charge on any atom is -0.334 e. The van der Waals surface area contributed by atoms with Crippen LogP contribution in [0.2, 0.25) is 0 Å². The smallest absolute Gasteiger partial charge is 0.223 e. The molecule has 1 aromatic rings. The number of carbonyl (C=O) groups is 1. The zero-order valence-electron chi connectivity index (χ0n) is 9.81. The number of pyridine rings is 1. The van der Waals surface area contributed by atoms with Gasteiger partial charge in [0.2, 0.25) is 5.91 Å². The lowest BCUT2D eigenvalue weighted by atomic mass is 10.2. The van der Waals surface area contributed by atoms with Crippen molar-refractivity contribution in [2.24, 2.45) is 0 Å². The zero-order chi connectivity index (χ0) is 12.1. The van der Waals surface area contributed by atoms with E-state index in [1.165, 1.54) is 0 Å². The second-order valence-electron chi connectivity index (χ2n) is 4.37. The summed E-state index contributed by atoms with van der Waals surface area (Å²) in [7, 11) is 0. The number of halogens is 1. The Morgan fingerprint density at radius 1 is 1.47 bits per heavy atom. The number of hydrogen-bond donors (Lipinski definition) is 0. The molecule has 0 saturated heterocycles. The minimum absolute atomic E-state index is 0.207. The predicted molar refractivity (Wildman–Crippen MR) is 67.8 cm³/mol. The molecule has 0 unspecified atom stereocenters. The van der Waals surface area contributed by atoms with Crippen LogP contribution in [0.4, 0.5) is 0 Å². The molecule has 1 aliphatic carbocycles. The third-order valence-electron chi connectivity index (χ3n) is 2.89. The summed E-state index contributed by atoms with van der Waals surface area (Å²) >= 11 is 5.62. The highest BCUT2D eigenvalue weighted by molar-refractivity contribution is 6.17. The lowest BCUT2D eigenvalue weighted by Gasteiger charge is -2.21. The fraction of sp³-hybridized carbons (Fsp3) is 0.538. The van der Waals surface area contributed by atoms with Gasteiger partial charge in [0.05, 0.1) is 12.2 Å². The van der Waals surface area contributed by atoms with Crippen molar-refractivity contribution in [3.63, 3.8) is 0 Å². The quantitative estimate of drug-likeness (QED) is 0.729. The van der Waals surface area contributed by atoms with Crippen LogP contribution in [-0.4, -0.2) is 27.7 Å². The summed E-state index contributed by atoms with van der Waals surface area (Å²) < 4.78 is 0. The lowest BCUT2D eigenvalue weighted by molar-refractivity contribution is -0.132. The van der Waals surface area contributed by atoms with Crippen LogP contribution in [0.3, 0.4) is 0 Å². The largest absolute Gasteiger partial charge is 0.334 e. The van der Waals surface area contributed by atoms with Crippen molar-refractivity contribution >= 4 is 17.5 Å². The van der Waals surface area contributed by atoms with Crippen molar-refractivity contribution in [3.05, 3.63) is 30.1 Å². The summed E-state index contributed by atoms with van der Waals surface area (Å²) in [5, 5.41) is 0. The molecular formula is C13H17ClN2O. The molecule has 1 aromatic heterocycles. The highest BCUT2D eigenvalue weighted by Crippen LogP contribution is 2.28. The number of alkyl halides is 1. The third-order valence-corrected chi connectivity index (χ3v) is 3.16. The first-order valence-corrected chi connectivity index (χ1v) is 6.60. The summed E-state index contributed by atoms with van der Waals surface area (Å²) in [6.45, 7) is 0.632.